The first kappa shape index (κ1) is 11.5. The molecule has 1 heterocycles. The standard InChI is InChI=1S/C8H12N2O2S2/c1-3-12-7(11)6(2)4-13-8-10-9-5-14-8/h5-6H,3-4H2,1-2H3. The van der Waals surface area contributed by atoms with Gasteiger partial charge >= 0.3 is 5.97 Å². The van der Waals surface area contributed by atoms with Crippen molar-refractivity contribution in [3.63, 3.8) is 0 Å². The van der Waals surface area contributed by atoms with Crippen molar-refractivity contribution in [2.45, 2.75) is 18.2 Å². The van der Waals surface area contributed by atoms with Crippen LogP contribution in [-0.4, -0.2) is 28.5 Å². The third kappa shape index (κ3) is 3.63. The zero-order chi connectivity index (χ0) is 10.4. The van der Waals surface area contributed by atoms with E-state index in [-0.39, 0.29) is 11.9 Å². The molecule has 14 heavy (non-hydrogen) atoms. The van der Waals surface area contributed by atoms with Crippen LogP contribution >= 0.6 is 23.1 Å². The number of rotatable bonds is 5. The van der Waals surface area contributed by atoms with Crippen molar-refractivity contribution in [1.29, 1.82) is 0 Å². The van der Waals surface area contributed by atoms with E-state index in [0.717, 1.165) is 4.34 Å². The van der Waals surface area contributed by atoms with Crippen molar-refractivity contribution < 1.29 is 9.53 Å². The highest BCUT2D eigenvalue weighted by Gasteiger charge is 2.14. The molecule has 0 bridgehead atoms. The molecule has 4 nitrogen and oxygen atoms in total. The lowest BCUT2D eigenvalue weighted by Gasteiger charge is -2.07. The van der Waals surface area contributed by atoms with Crippen molar-refractivity contribution in [3.8, 4) is 0 Å². The van der Waals surface area contributed by atoms with Crippen LogP contribution in [0.15, 0.2) is 9.85 Å². The van der Waals surface area contributed by atoms with Crippen LogP contribution in [0.2, 0.25) is 0 Å². The predicted molar refractivity (Wildman–Crippen MR) is 56.4 cm³/mol. The average Bonchev–Trinajstić information content (AvgIpc) is 2.67. The molecule has 1 aromatic rings. The second-order valence-electron chi connectivity index (χ2n) is 2.67. The molecule has 1 unspecified atom stereocenters. The predicted octanol–water partition coefficient (Wildman–Crippen LogP) is 1.83. The van der Waals surface area contributed by atoms with Gasteiger partial charge in [0.05, 0.1) is 12.5 Å². The Labute approximate surface area is 91.1 Å². The van der Waals surface area contributed by atoms with Crippen LogP contribution in [0, 0.1) is 5.92 Å². The summed E-state index contributed by atoms with van der Waals surface area (Å²) in [5, 5.41) is 7.59. The first-order valence-electron chi connectivity index (χ1n) is 4.29. The lowest BCUT2D eigenvalue weighted by molar-refractivity contribution is -0.146. The summed E-state index contributed by atoms with van der Waals surface area (Å²) in [4.78, 5) is 11.2. The SMILES string of the molecule is CCOC(=O)C(C)CSc1nncs1. The van der Waals surface area contributed by atoms with Crippen molar-refractivity contribution in [2.75, 3.05) is 12.4 Å². The van der Waals surface area contributed by atoms with E-state index in [1.807, 2.05) is 13.8 Å². The molecule has 0 aliphatic carbocycles. The monoisotopic (exact) mass is 232 g/mol. The zero-order valence-electron chi connectivity index (χ0n) is 8.10. The van der Waals surface area contributed by atoms with E-state index < -0.39 is 0 Å². The van der Waals surface area contributed by atoms with Crippen LogP contribution in [0.1, 0.15) is 13.8 Å². The third-order valence-corrected chi connectivity index (χ3v) is 3.61. The van der Waals surface area contributed by atoms with Gasteiger partial charge in [-0.25, -0.2) is 0 Å². The summed E-state index contributed by atoms with van der Waals surface area (Å²) in [5.41, 5.74) is 1.68. The number of hydrogen-bond donors (Lipinski definition) is 0. The van der Waals surface area contributed by atoms with Gasteiger partial charge in [0.25, 0.3) is 0 Å². The van der Waals surface area contributed by atoms with E-state index in [4.69, 9.17) is 4.74 Å². The maximum Gasteiger partial charge on any atom is 0.309 e. The van der Waals surface area contributed by atoms with E-state index in [1.54, 1.807) is 5.51 Å². The van der Waals surface area contributed by atoms with Gasteiger partial charge in [0.15, 0.2) is 4.34 Å². The molecular formula is C8H12N2O2S2. The summed E-state index contributed by atoms with van der Waals surface area (Å²) < 4.78 is 5.78. The number of carbonyl (C=O) groups excluding carboxylic acids is 1. The largest absolute Gasteiger partial charge is 0.466 e. The number of hydrogen-bond acceptors (Lipinski definition) is 6. The number of nitrogens with zero attached hydrogens (tertiary/aromatic N) is 2. The molecule has 1 atom stereocenters. The highest BCUT2D eigenvalue weighted by atomic mass is 32.2. The second kappa shape index (κ2) is 5.98. The quantitative estimate of drug-likeness (QED) is 0.572. The molecule has 1 rings (SSSR count). The maximum atomic E-state index is 11.2. The third-order valence-electron chi connectivity index (χ3n) is 1.49. The maximum absolute atomic E-state index is 11.2. The van der Waals surface area contributed by atoms with Crippen LogP contribution in [0.4, 0.5) is 0 Å². The molecule has 0 saturated heterocycles. The smallest absolute Gasteiger partial charge is 0.309 e. The molecule has 0 spiro atoms. The lowest BCUT2D eigenvalue weighted by atomic mass is 10.2. The fourth-order valence-electron chi connectivity index (χ4n) is 0.775. The summed E-state index contributed by atoms with van der Waals surface area (Å²) in [7, 11) is 0. The normalized spacial score (nSPS) is 12.4. The van der Waals surface area contributed by atoms with Gasteiger partial charge in [0, 0.05) is 5.75 Å². The van der Waals surface area contributed by atoms with Gasteiger partial charge in [-0.15, -0.1) is 10.2 Å². The number of aromatic nitrogens is 2. The van der Waals surface area contributed by atoms with Crippen LogP contribution in [-0.2, 0) is 9.53 Å². The van der Waals surface area contributed by atoms with Crippen LogP contribution in [0.5, 0.6) is 0 Å². The van der Waals surface area contributed by atoms with Crippen molar-refractivity contribution in [1.82, 2.24) is 10.2 Å². The van der Waals surface area contributed by atoms with Crippen LogP contribution in [0.3, 0.4) is 0 Å². The highest BCUT2D eigenvalue weighted by Crippen LogP contribution is 2.21. The minimum absolute atomic E-state index is 0.0937. The van der Waals surface area contributed by atoms with Gasteiger partial charge < -0.3 is 4.74 Å². The number of esters is 1. The Morgan fingerprint density at radius 2 is 2.57 bits per heavy atom. The van der Waals surface area contributed by atoms with Gasteiger partial charge in [-0.3, -0.25) is 4.79 Å². The second-order valence-corrected chi connectivity index (χ2v) is 4.77. The molecule has 6 heteroatoms. The number of ether oxygens (including phenoxy) is 1. The number of carbonyl (C=O) groups is 1. The molecule has 78 valence electrons. The molecule has 0 saturated carbocycles. The first-order valence-corrected chi connectivity index (χ1v) is 6.16. The van der Waals surface area contributed by atoms with Gasteiger partial charge in [-0.1, -0.05) is 30.0 Å². The van der Waals surface area contributed by atoms with E-state index >= 15 is 0 Å². The zero-order valence-corrected chi connectivity index (χ0v) is 9.73. The summed E-state index contributed by atoms with van der Waals surface area (Å²) in [6.07, 6.45) is 0. The molecule has 0 aliphatic heterocycles. The van der Waals surface area contributed by atoms with Crippen molar-refractivity contribution >= 4 is 29.1 Å². The van der Waals surface area contributed by atoms with E-state index in [0.29, 0.717) is 12.4 Å². The molecule has 0 fully saturated rings. The summed E-state index contributed by atoms with van der Waals surface area (Å²) in [5.74, 6) is 0.446. The molecule has 0 N–H and O–H groups in total. The van der Waals surface area contributed by atoms with Crippen molar-refractivity contribution in [2.24, 2.45) is 5.92 Å². The van der Waals surface area contributed by atoms with E-state index in [1.165, 1.54) is 23.1 Å². The Morgan fingerprint density at radius 1 is 1.79 bits per heavy atom. The molecule has 0 aliphatic rings. The fourth-order valence-corrected chi connectivity index (χ4v) is 2.29. The van der Waals surface area contributed by atoms with Gasteiger partial charge in [0.1, 0.15) is 5.51 Å². The Kier molecular flexibility index (Phi) is 4.89. The number of thioether (sulfide) groups is 1. The van der Waals surface area contributed by atoms with Crippen LogP contribution < -0.4 is 0 Å². The molecular weight excluding hydrogens is 220 g/mol. The Bertz CT molecular complexity index is 277. The minimum atomic E-state index is -0.149. The first-order chi connectivity index (χ1) is 6.74. The molecule has 0 radical (unpaired) electrons. The van der Waals surface area contributed by atoms with Gasteiger partial charge in [0.2, 0.25) is 0 Å². The summed E-state index contributed by atoms with van der Waals surface area (Å²) in [6, 6.07) is 0. The van der Waals surface area contributed by atoms with Crippen molar-refractivity contribution in [3.05, 3.63) is 5.51 Å². The fraction of sp³-hybridized carbons (Fsp3) is 0.625. The minimum Gasteiger partial charge on any atom is -0.466 e. The molecule has 0 aromatic carbocycles. The van der Waals surface area contributed by atoms with Gasteiger partial charge in [-0.2, -0.15) is 0 Å². The average molecular weight is 232 g/mol. The summed E-state index contributed by atoms with van der Waals surface area (Å²) >= 11 is 3.01. The Hall–Kier alpha value is -0.620. The topological polar surface area (TPSA) is 52.1 Å². The highest BCUT2D eigenvalue weighted by molar-refractivity contribution is 8.01. The summed E-state index contributed by atoms with van der Waals surface area (Å²) in [6.45, 7) is 4.10. The van der Waals surface area contributed by atoms with Gasteiger partial charge in [-0.05, 0) is 6.92 Å². The Balaban J connectivity index is 2.27. The lowest BCUT2D eigenvalue weighted by Crippen LogP contribution is -2.16. The van der Waals surface area contributed by atoms with Crippen LogP contribution in [0.25, 0.3) is 0 Å². The Morgan fingerprint density at radius 3 is 3.14 bits per heavy atom. The molecule has 0 amide bonds. The van der Waals surface area contributed by atoms with E-state index in [9.17, 15) is 4.79 Å². The molecule has 1 aromatic heterocycles. The van der Waals surface area contributed by atoms with E-state index in [2.05, 4.69) is 10.2 Å².